The second kappa shape index (κ2) is 8.73. The average Bonchev–Trinajstić information content (AvgIpc) is 3.06. The molecule has 8 nitrogen and oxygen atoms in total. The second-order valence-electron chi connectivity index (χ2n) is 4.69. The Morgan fingerprint density at radius 2 is 1.71 bits per heavy atom. The monoisotopic (exact) mass is 347 g/mol. The number of anilines is 1. The van der Waals surface area contributed by atoms with Gasteiger partial charge in [-0.15, -0.1) is 10.2 Å². The van der Waals surface area contributed by atoms with E-state index in [1.165, 1.54) is 11.3 Å². The number of hydrogen-bond donors (Lipinski definition) is 3. The number of carbonyl (C=O) groups is 3. The summed E-state index contributed by atoms with van der Waals surface area (Å²) in [5.41, 5.74) is 0.532. The van der Waals surface area contributed by atoms with Crippen molar-refractivity contribution in [1.82, 2.24) is 20.8 Å². The number of aryl methyl sites for hydroxylation is 1. The Kier molecular flexibility index (Phi) is 6.38. The van der Waals surface area contributed by atoms with Crippen LogP contribution in [-0.2, 0) is 16.0 Å². The zero-order chi connectivity index (χ0) is 17.4. The van der Waals surface area contributed by atoms with Crippen molar-refractivity contribution in [2.45, 2.75) is 13.3 Å². The minimum atomic E-state index is -0.816. The lowest BCUT2D eigenvalue weighted by atomic mass is 10.2. The van der Waals surface area contributed by atoms with Gasteiger partial charge in [0.15, 0.2) is 0 Å². The van der Waals surface area contributed by atoms with Crippen molar-refractivity contribution in [3.63, 3.8) is 0 Å². The molecule has 0 aliphatic carbocycles. The Morgan fingerprint density at radius 3 is 2.38 bits per heavy atom. The van der Waals surface area contributed by atoms with Crippen LogP contribution in [0.25, 0.3) is 0 Å². The van der Waals surface area contributed by atoms with Crippen LogP contribution in [0.4, 0.5) is 5.13 Å². The van der Waals surface area contributed by atoms with Crippen molar-refractivity contribution in [3.8, 4) is 0 Å². The van der Waals surface area contributed by atoms with E-state index in [0.717, 1.165) is 5.01 Å². The zero-order valence-corrected chi connectivity index (χ0v) is 13.9. The number of aromatic nitrogens is 2. The number of hydrogen-bond acceptors (Lipinski definition) is 6. The van der Waals surface area contributed by atoms with Gasteiger partial charge in [-0.2, -0.15) is 0 Å². The molecule has 1 heterocycles. The molecular formula is C15H17N5O3S. The first-order valence-electron chi connectivity index (χ1n) is 7.35. The van der Waals surface area contributed by atoms with Crippen LogP contribution in [-0.4, -0.2) is 41.0 Å². The van der Waals surface area contributed by atoms with Gasteiger partial charge in [0.1, 0.15) is 5.01 Å². The molecule has 3 N–H and O–H groups in total. The predicted octanol–water partition coefficient (Wildman–Crippen LogP) is 0.585. The highest BCUT2D eigenvalue weighted by molar-refractivity contribution is 7.15. The average molecular weight is 347 g/mol. The Bertz CT molecular complexity index is 717. The molecule has 0 aliphatic rings. The molecule has 2 aromatic rings. The van der Waals surface area contributed by atoms with Crippen LogP contribution < -0.4 is 16.0 Å². The van der Waals surface area contributed by atoms with Crippen molar-refractivity contribution in [2.24, 2.45) is 0 Å². The SMILES string of the molecule is CCc1nnc(NC(=O)C(=O)NCCNC(=O)c2ccccc2)s1. The van der Waals surface area contributed by atoms with Crippen molar-refractivity contribution in [1.29, 1.82) is 0 Å². The van der Waals surface area contributed by atoms with Crippen molar-refractivity contribution in [2.75, 3.05) is 18.4 Å². The second-order valence-corrected chi connectivity index (χ2v) is 5.75. The van der Waals surface area contributed by atoms with E-state index in [4.69, 9.17) is 0 Å². The molecule has 2 rings (SSSR count). The highest BCUT2D eigenvalue weighted by Crippen LogP contribution is 2.14. The van der Waals surface area contributed by atoms with Crippen LogP contribution >= 0.6 is 11.3 Å². The van der Waals surface area contributed by atoms with Crippen LogP contribution in [0.3, 0.4) is 0 Å². The molecule has 0 unspecified atom stereocenters. The van der Waals surface area contributed by atoms with Crippen LogP contribution in [0.5, 0.6) is 0 Å². The van der Waals surface area contributed by atoms with E-state index >= 15 is 0 Å². The first-order chi connectivity index (χ1) is 11.6. The van der Waals surface area contributed by atoms with Gasteiger partial charge in [0, 0.05) is 18.7 Å². The minimum Gasteiger partial charge on any atom is -0.350 e. The van der Waals surface area contributed by atoms with E-state index in [1.54, 1.807) is 24.3 Å². The van der Waals surface area contributed by atoms with Crippen molar-refractivity contribution in [3.05, 3.63) is 40.9 Å². The normalized spacial score (nSPS) is 10.0. The molecule has 0 saturated carbocycles. The van der Waals surface area contributed by atoms with E-state index in [-0.39, 0.29) is 24.1 Å². The molecule has 0 aliphatic heterocycles. The van der Waals surface area contributed by atoms with E-state index < -0.39 is 11.8 Å². The Hall–Kier alpha value is -2.81. The Morgan fingerprint density at radius 1 is 1.00 bits per heavy atom. The Balaban J connectivity index is 1.69. The maximum Gasteiger partial charge on any atom is 0.315 e. The van der Waals surface area contributed by atoms with Gasteiger partial charge in [-0.05, 0) is 18.6 Å². The molecule has 0 radical (unpaired) electrons. The zero-order valence-electron chi connectivity index (χ0n) is 13.0. The molecule has 0 bridgehead atoms. The van der Waals surface area contributed by atoms with Gasteiger partial charge in [0.25, 0.3) is 5.91 Å². The summed E-state index contributed by atoms with van der Waals surface area (Å²) < 4.78 is 0. The molecule has 0 saturated heterocycles. The largest absolute Gasteiger partial charge is 0.350 e. The molecule has 126 valence electrons. The molecule has 0 fully saturated rings. The van der Waals surface area contributed by atoms with Crippen LogP contribution in [0.1, 0.15) is 22.3 Å². The minimum absolute atomic E-state index is 0.140. The van der Waals surface area contributed by atoms with E-state index in [2.05, 4.69) is 26.1 Å². The number of amides is 3. The van der Waals surface area contributed by atoms with E-state index in [0.29, 0.717) is 12.0 Å². The third-order valence-corrected chi connectivity index (χ3v) is 3.91. The summed E-state index contributed by atoms with van der Waals surface area (Å²) in [6.45, 7) is 2.27. The van der Waals surface area contributed by atoms with Gasteiger partial charge >= 0.3 is 11.8 Å². The first-order valence-corrected chi connectivity index (χ1v) is 8.16. The van der Waals surface area contributed by atoms with Gasteiger partial charge in [0.05, 0.1) is 0 Å². The Labute approximate surface area is 142 Å². The molecule has 24 heavy (non-hydrogen) atoms. The van der Waals surface area contributed by atoms with Gasteiger partial charge in [-0.1, -0.05) is 36.5 Å². The van der Waals surface area contributed by atoms with E-state index in [1.807, 2.05) is 13.0 Å². The summed E-state index contributed by atoms with van der Waals surface area (Å²) in [5.74, 6) is -1.85. The molecular weight excluding hydrogens is 330 g/mol. The quantitative estimate of drug-likeness (QED) is 0.523. The maximum absolute atomic E-state index is 11.8. The van der Waals surface area contributed by atoms with Crippen molar-refractivity contribution >= 4 is 34.2 Å². The molecule has 0 spiro atoms. The molecule has 0 atom stereocenters. The number of nitrogens with zero attached hydrogens (tertiary/aromatic N) is 2. The molecule has 3 amide bonds. The van der Waals surface area contributed by atoms with Gasteiger partial charge < -0.3 is 10.6 Å². The van der Waals surface area contributed by atoms with Gasteiger partial charge in [0.2, 0.25) is 5.13 Å². The topological polar surface area (TPSA) is 113 Å². The van der Waals surface area contributed by atoms with E-state index in [9.17, 15) is 14.4 Å². The number of rotatable bonds is 6. The third kappa shape index (κ3) is 5.13. The highest BCUT2D eigenvalue weighted by Gasteiger charge is 2.15. The lowest BCUT2D eigenvalue weighted by Crippen LogP contribution is -2.40. The van der Waals surface area contributed by atoms with Gasteiger partial charge in [-0.25, -0.2) is 0 Å². The summed E-state index contributed by atoms with van der Waals surface area (Å²) in [4.78, 5) is 35.1. The summed E-state index contributed by atoms with van der Waals surface area (Å²) in [7, 11) is 0. The summed E-state index contributed by atoms with van der Waals surface area (Å²) in [5, 5.41) is 16.1. The standard InChI is InChI=1S/C15H17N5O3S/c1-2-11-19-20-15(24-11)18-14(23)13(22)17-9-8-16-12(21)10-6-4-3-5-7-10/h3-7H,2,8-9H2,1H3,(H,16,21)(H,17,22)(H,18,20,23). The summed E-state index contributed by atoms with van der Waals surface area (Å²) in [6, 6.07) is 8.72. The first kappa shape index (κ1) is 17.5. The third-order valence-electron chi connectivity index (χ3n) is 2.93. The highest BCUT2D eigenvalue weighted by atomic mass is 32.1. The molecule has 1 aromatic carbocycles. The number of nitrogens with one attached hydrogen (secondary N) is 3. The van der Waals surface area contributed by atoms with Crippen molar-refractivity contribution < 1.29 is 14.4 Å². The fourth-order valence-corrected chi connectivity index (χ4v) is 2.40. The molecule has 1 aromatic heterocycles. The smallest absolute Gasteiger partial charge is 0.315 e. The van der Waals surface area contributed by atoms with Crippen LogP contribution in [0.15, 0.2) is 30.3 Å². The summed E-state index contributed by atoms with van der Waals surface area (Å²) >= 11 is 1.22. The van der Waals surface area contributed by atoms with Gasteiger partial charge in [-0.3, -0.25) is 19.7 Å². The number of benzene rings is 1. The molecule has 9 heteroatoms. The fourth-order valence-electron chi connectivity index (χ4n) is 1.72. The predicted molar refractivity (Wildman–Crippen MR) is 89.7 cm³/mol. The fraction of sp³-hybridized carbons (Fsp3) is 0.267. The summed E-state index contributed by atoms with van der Waals surface area (Å²) in [6.07, 6.45) is 0.709. The lowest BCUT2D eigenvalue weighted by molar-refractivity contribution is -0.136. The lowest BCUT2D eigenvalue weighted by Gasteiger charge is -2.06. The van der Waals surface area contributed by atoms with Crippen LogP contribution in [0.2, 0.25) is 0 Å². The maximum atomic E-state index is 11.8. The van der Waals surface area contributed by atoms with Crippen LogP contribution in [0, 0.1) is 0 Å². The number of carbonyl (C=O) groups excluding carboxylic acids is 3.